The number of benzene rings is 1. The predicted octanol–water partition coefficient (Wildman–Crippen LogP) is 3.37. The Morgan fingerprint density at radius 3 is 2.18 bits per heavy atom. The second kappa shape index (κ2) is 4.36. The minimum absolute atomic E-state index is 0.176. The Morgan fingerprint density at radius 2 is 1.82 bits per heavy atom. The molecule has 1 saturated heterocycles. The fourth-order valence-corrected chi connectivity index (χ4v) is 2.74. The maximum atomic E-state index is 9.13. The molecule has 1 aromatic carbocycles. The summed E-state index contributed by atoms with van der Waals surface area (Å²) in [6.07, 6.45) is 0. The van der Waals surface area contributed by atoms with Gasteiger partial charge in [-0.05, 0) is 23.1 Å². The minimum Gasteiger partial charge on any atom is -0.376 e. The van der Waals surface area contributed by atoms with Gasteiger partial charge in [0.2, 0.25) is 0 Å². The van der Waals surface area contributed by atoms with Crippen LogP contribution >= 0.6 is 11.8 Å². The Morgan fingerprint density at radius 1 is 1.24 bits per heavy atom. The standard InChI is InChI=1S/C14H17NOS/c1-13(2,3)11-4-6-12(7-5-11)17-14(8-15)9-16-10-14/h4-7H,9-10H2,1-3H3. The van der Waals surface area contributed by atoms with E-state index in [0.29, 0.717) is 13.2 Å². The molecule has 90 valence electrons. The van der Waals surface area contributed by atoms with Gasteiger partial charge in [0.1, 0.15) is 0 Å². The average molecular weight is 247 g/mol. The highest BCUT2D eigenvalue weighted by molar-refractivity contribution is 8.01. The van der Waals surface area contributed by atoms with E-state index in [-0.39, 0.29) is 10.2 Å². The summed E-state index contributed by atoms with van der Waals surface area (Å²) in [4.78, 5) is 1.14. The molecular formula is C14H17NOS. The summed E-state index contributed by atoms with van der Waals surface area (Å²) in [5, 5.41) is 9.13. The van der Waals surface area contributed by atoms with Crippen molar-refractivity contribution in [3.05, 3.63) is 29.8 Å². The fraction of sp³-hybridized carbons (Fsp3) is 0.500. The topological polar surface area (TPSA) is 33.0 Å². The summed E-state index contributed by atoms with van der Waals surface area (Å²) in [5.41, 5.74) is 1.49. The summed E-state index contributed by atoms with van der Waals surface area (Å²) in [6, 6.07) is 10.8. The van der Waals surface area contributed by atoms with E-state index in [1.807, 2.05) is 0 Å². The van der Waals surface area contributed by atoms with E-state index in [9.17, 15) is 0 Å². The van der Waals surface area contributed by atoms with Gasteiger partial charge in [0.05, 0.1) is 19.3 Å². The summed E-state index contributed by atoms with van der Waals surface area (Å²) in [5.74, 6) is 0. The van der Waals surface area contributed by atoms with Gasteiger partial charge in [-0.25, -0.2) is 0 Å². The van der Waals surface area contributed by atoms with Gasteiger partial charge in [-0.1, -0.05) is 44.7 Å². The SMILES string of the molecule is CC(C)(C)c1ccc(SC2(C#N)COC2)cc1. The molecule has 3 heteroatoms. The number of ether oxygens (including phenoxy) is 1. The molecule has 0 atom stereocenters. The zero-order valence-electron chi connectivity index (χ0n) is 10.5. The maximum Gasteiger partial charge on any atom is 0.153 e. The molecule has 0 N–H and O–H groups in total. The van der Waals surface area contributed by atoms with E-state index in [0.717, 1.165) is 4.90 Å². The van der Waals surface area contributed by atoms with Crippen molar-refractivity contribution in [2.75, 3.05) is 13.2 Å². The molecule has 0 radical (unpaired) electrons. The third kappa shape index (κ3) is 2.65. The Kier molecular flexibility index (Phi) is 3.20. The zero-order valence-corrected chi connectivity index (χ0v) is 11.3. The van der Waals surface area contributed by atoms with Gasteiger partial charge in [-0.2, -0.15) is 5.26 Å². The number of hydrogen-bond donors (Lipinski definition) is 0. The van der Waals surface area contributed by atoms with Crippen molar-refractivity contribution in [3.63, 3.8) is 0 Å². The quantitative estimate of drug-likeness (QED) is 0.803. The minimum atomic E-state index is -0.358. The van der Waals surface area contributed by atoms with Gasteiger partial charge in [-0.15, -0.1) is 0 Å². The van der Waals surface area contributed by atoms with Crippen molar-refractivity contribution in [1.82, 2.24) is 0 Å². The Balaban J connectivity index is 2.12. The molecule has 2 rings (SSSR count). The van der Waals surface area contributed by atoms with Crippen molar-refractivity contribution < 1.29 is 4.74 Å². The molecular weight excluding hydrogens is 230 g/mol. The number of rotatable bonds is 2. The highest BCUT2D eigenvalue weighted by Gasteiger charge is 2.40. The van der Waals surface area contributed by atoms with Crippen LogP contribution in [0.4, 0.5) is 0 Å². The average Bonchev–Trinajstić information content (AvgIpc) is 2.23. The highest BCUT2D eigenvalue weighted by atomic mass is 32.2. The van der Waals surface area contributed by atoms with Gasteiger partial charge in [0, 0.05) is 4.90 Å². The van der Waals surface area contributed by atoms with Crippen molar-refractivity contribution in [1.29, 1.82) is 5.26 Å². The molecule has 0 unspecified atom stereocenters. The summed E-state index contributed by atoms with van der Waals surface area (Å²) in [7, 11) is 0. The van der Waals surface area contributed by atoms with Crippen LogP contribution in [-0.2, 0) is 10.2 Å². The van der Waals surface area contributed by atoms with E-state index in [2.05, 4.69) is 51.1 Å². The molecule has 0 bridgehead atoms. The van der Waals surface area contributed by atoms with Gasteiger partial charge in [0.15, 0.2) is 4.75 Å². The van der Waals surface area contributed by atoms with Crippen LogP contribution in [0.3, 0.4) is 0 Å². The van der Waals surface area contributed by atoms with Crippen LogP contribution in [0.15, 0.2) is 29.2 Å². The maximum absolute atomic E-state index is 9.13. The molecule has 2 nitrogen and oxygen atoms in total. The van der Waals surface area contributed by atoms with E-state index in [1.54, 1.807) is 11.8 Å². The molecule has 1 aliphatic heterocycles. The molecule has 17 heavy (non-hydrogen) atoms. The molecule has 1 aliphatic rings. The number of hydrogen-bond acceptors (Lipinski definition) is 3. The van der Waals surface area contributed by atoms with Crippen molar-refractivity contribution in [2.45, 2.75) is 35.8 Å². The van der Waals surface area contributed by atoms with Crippen LogP contribution in [-0.4, -0.2) is 18.0 Å². The molecule has 1 heterocycles. The predicted molar refractivity (Wildman–Crippen MR) is 70.2 cm³/mol. The molecule has 1 fully saturated rings. The molecule has 1 aromatic rings. The monoisotopic (exact) mass is 247 g/mol. The summed E-state index contributed by atoms with van der Waals surface area (Å²) in [6.45, 7) is 7.67. The third-order valence-electron chi connectivity index (χ3n) is 2.91. The Labute approximate surface area is 107 Å². The summed E-state index contributed by atoms with van der Waals surface area (Å²) < 4.78 is 4.78. The summed E-state index contributed by atoms with van der Waals surface area (Å²) >= 11 is 1.61. The van der Waals surface area contributed by atoms with Gasteiger partial charge < -0.3 is 4.74 Å². The lowest BCUT2D eigenvalue weighted by Gasteiger charge is -2.34. The lowest BCUT2D eigenvalue weighted by Crippen LogP contribution is -2.45. The third-order valence-corrected chi connectivity index (χ3v) is 4.13. The first-order chi connectivity index (χ1) is 7.95. The molecule has 0 amide bonds. The van der Waals surface area contributed by atoms with Crippen LogP contribution < -0.4 is 0 Å². The lowest BCUT2D eigenvalue weighted by atomic mass is 9.87. The number of nitrogens with zero attached hydrogens (tertiary/aromatic N) is 1. The normalized spacial score (nSPS) is 18.2. The van der Waals surface area contributed by atoms with E-state index in [1.165, 1.54) is 5.56 Å². The van der Waals surface area contributed by atoms with Crippen molar-refractivity contribution >= 4 is 11.8 Å². The van der Waals surface area contributed by atoms with Crippen molar-refractivity contribution in [2.24, 2.45) is 0 Å². The van der Waals surface area contributed by atoms with E-state index >= 15 is 0 Å². The van der Waals surface area contributed by atoms with Crippen molar-refractivity contribution in [3.8, 4) is 6.07 Å². The van der Waals surface area contributed by atoms with Gasteiger partial charge in [0.25, 0.3) is 0 Å². The molecule has 0 spiro atoms. The van der Waals surface area contributed by atoms with E-state index in [4.69, 9.17) is 10.00 Å². The Bertz CT molecular complexity index is 435. The fourth-order valence-electron chi connectivity index (χ4n) is 1.68. The highest BCUT2D eigenvalue weighted by Crippen LogP contribution is 2.38. The molecule has 0 aromatic heterocycles. The van der Waals surface area contributed by atoms with E-state index < -0.39 is 0 Å². The first-order valence-corrected chi connectivity index (χ1v) is 6.55. The lowest BCUT2D eigenvalue weighted by molar-refractivity contribution is 0.0161. The Hall–Kier alpha value is -0.980. The number of thioether (sulfide) groups is 1. The van der Waals surface area contributed by atoms with Crippen LogP contribution in [0, 0.1) is 11.3 Å². The van der Waals surface area contributed by atoms with Crippen LogP contribution in [0.5, 0.6) is 0 Å². The van der Waals surface area contributed by atoms with Crippen LogP contribution in [0.25, 0.3) is 0 Å². The molecule has 0 aliphatic carbocycles. The smallest absolute Gasteiger partial charge is 0.153 e. The second-order valence-corrected chi connectivity index (χ2v) is 6.93. The zero-order chi connectivity index (χ0) is 12.5. The first kappa shape index (κ1) is 12.5. The first-order valence-electron chi connectivity index (χ1n) is 5.74. The largest absolute Gasteiger partial charge is 0.376 e. The van der Waals surface area contributed by atoms with Gasteiger partial charge >= 0.3 is 0 Å². The number of nitriles is 1. The van der Waals surface area contributed by atoms with Crippen LogP contribution in [0.2, 0.25) is 0 Å². The second-order valence-electron chi connectivity index (χ2n) is 5.48. The molecule has 0 saturated carbocycles. The van der Waals surface area contributed by atoms with Crippen LogP contribution in [0.1, 0.15) is 26.3 Å². The van der Waals surface area contributed by atoms with Gasteiger partial charge in [-0.3, -0.25) is 0 Å².